The Labute approximate surface area is 336 Å². The standard InChI is InChI=1S/2C17H24N4O2S2.Pt/c2*1-5-20(6-2)9-10-21-14-8-7-12(23-3)11-13(14)15(16(21)22)18-19-17(24)25-4;/h2*7-8,11H,5-6,9-10H2,1-4H3,(H,19,24);/q;;+2/p-2/b2*18-15+;. The molecule has 2 amide bonds. The minimum absolute atomic E-state index is 0. The molecular weight excluding hydrogens is 908 g/mol. The average molecular weight is 954 g/mol. The van der Waals surface area contributed by atoms with E-state index in [0.717, 1.165) is 61.8 Å². The first-order chi connectivity index (χ1) is 24.1. The summed E-state index contributed by atoms with van der Waals surface area (Å²) in [4.78, 5) is 33.8. The molecule has 0 saturated carbocycles. The quantitative estimate of drug-likeness (QED) is 0.114. The third-order valence-corrected chi connectivity index (χ3v) is 10.3. The van der Waals surface area contributed by atoms with Crippen molar-refractivity contribution in [3.63, 3.8) is 0 Å². The molecule has 17 heteroatoms. The van der Waals surface area contributed by atoms with Crippen LogP contribution in [-0.2, 0) is 55.9 Å². The van der Waals surface area contributed by atoms with Gasteiger partial charge in [0, 0.05) is 37.3 Å². The molecule has 0 radical (unpaired) electrons. The summed E-state index contributed by atoms with van der Waals surface area (Å²) in [5.41, 5.74) is 3.76. The van der Waals surface area contributed by atoms with Crippen LogP contribution in [0.2, 0.25) is 0 Å². The largest absolute Gasteiger partial charge is 2.00 e. The molecule has 0 saturated heterocycles. The molecule has 2 heterocycles. The molecule has 2 aliphatic rings. The summed E-state index contributed by atoms with van der Waals surface area (Å²) in [6, 6.07) is 11.1. The number of ether oxygens (including phenoxy) is 2. The van der Waals surface area contributed by atoms with E-state index >= 15 is 0 Å². The zero-order chi connectivity index (χ0) is 36.8. The van der Waals surface area contributed by atoms with Crippen LogP contribution in [0.25, 0.3) is 0 Å². The first-order valence-electron chi connectivity index (χ1n) is 16.3. The van der Waals surface area contributed by atoms with E-state index in [1.54, 1.807) is 24.0 Å². The number of amides is 2. The van der Waals surface area contributed by atoms with Gasteiger partial charge in [-0.15, -0.1) is 33.7 Å². The molecule has 0 bridgehead atoms. The zero-order valence-corrected chi connectivity index (χ0v) is 35.8. The Morgan fingerprint density at radius 1 is 0.686 bits per heavy atom. The monoisotopic (exact) mass is 953 g/mol. The second kappa shape index (κ2) is 22.5. The van der Waals surface area contributed by atoms with Gasteiger partial charge in [0.05, 0.1) is 25.6 Å². The summed E-state index contributed by atoms with van der Waals surface area (Å²) in [5, 5.41) is 16.2. The molecule has 0 unspecified atom stereocenters. The second-order valence-corrected chi connectivity index (χ2v) is 13.7. The van der Waals surface area contributed by atoms with Crippen LogP contribution in [0.1, 0.15) is 38.8 Å². The van der Waals surface area contributed by atoms with Gasteiger partial charge in [-0.25, -0.2) is 0 Å². The molecule has 0 fully saturated rings. The average Bonchev–Trinajstić information content (AvgIpc) is 3.57. The number of carbonyl (C=O) groups excluding carboxylic acids is 2. The number of hydrogen-bond donors (Lipinski definition) is 0. The number of nitrogens with zero attached hydrogens (tertiary/aromatic N) is 8. The van der Waals surface area contributed by atoms with Gasteiger partial charge in [-0.2, -0.15) is 10.2 Å². The normalized spacial score (nSPS) is 15.7. The molecule has 2 aliphatic heterocycles. The van der Waals surface area contributed by atoms with E-state index in [0.29, 0.717) is 44.8 Å². The Balaban J connectivity index is 0.000000347. The minimum Gasteiger partial charge on any atom is -0.752 e. The number of carbonyl (C=O) groups is 2. The van der Waals surface area contributed by atoms with Gasteiger partial charge >= 0.3 is 21.1 Å². The van der Waals surface area contributed by atoms with Crippen LogP contribution in [0.4, 0.5) is 11.4 Å². The van der Waals surface area contributed by atoms with Crippen molar-refractivity contribution in [2.75, 3.05) is 88.9 Å². The molecule has 0 N–H and O–H groups in total. The molecule has 0 atom stereocenters. The Morgan fingerprint density at radius 2 is 1.04 bits per heavy atom. The maximum Gasteiger partial charge on any atom is 2.00 e. The fourth-order valence-corrected chi connectivity index (χ4v) is 5.63. The van der Waals surface area contributed by atoms with Crippen LogP contribution in [-0.4, -0.2) is 121 Å². The third-order valence-electron chi connectivity index (χ3n) is 8.28. The van der Waals surface area contributed by atoms with Crippen LogP contribution < -0.4 is 19.3 Å². The van der Waals surface area contributed by atoms with Crippen LogP contribution in [0.15, 0.2) is 56.8 Å². The van der Waals surface area contributed by atoms with Crippen molar-refractivity contribution in [2.45, 2.75) is 27.7 Å². The SMILES string of the molecule is CCN(CC)CCN1C(=O)/C(=N/N=C(\[S-])SC)c2cc(OC)ccc21.CCN(CC)CCN1C(=O)/C(=N/N=C(\[S-])SC)c2cc(OC)ccc21.[Pt+2]. The van der Waals surface area contributed by atoms with E-state index in [9.17, 15) is 9.59 Å². The van der Waals surface area contributed by atoms with E-state index in [2.05, 4.69) is 57.9 Å². The van der Waals surface area contributed by atoms with Gasteiger partial charge in [0.2, 0.25) is 0 Å². The summed E-state index contributed by atoms with van der Waals surface area (Å²) in [5.74, 6) is 1.06. The van der Waals surface area contributed by atoms with Crippen molar-refractivity contribution in [1.29, 1.82) is 0 Å². The summed E-state index contributed by atoms with van der Waals surface area (Å²) in [7, 11) is 3.20. The number of rotatable bonds is 14. The third kappa shape index (κ3) is 11.7. The van der Waals surface area contributed by atoms with Crippen LogP contribution in [0.3, 0.4) is 0 Å². The minimum atomic E-state index is -0.150. The molecule has 0 aromatic heterocycles. The summed E-state index contributed by atoms with van der Waals surface area (Å²) in [6.07, 6.45) is 3.66. The zero-order valence-electron chi connectivity index (χ0n) is 30.3. The Morgan fingerprint density at radius 3 is 1.33 bits per heavy atom. The van der Waals surface area contributed by atoms with E-state index in [1.807, 2.05) is 48.9 Å². The fraction of sp³-hybridized carbons (Fsp3) is 0.471. The number of likely N-dealkylation sites (N-methyl/N-ethyl adjacent to an activating group) is 2. The molecule has 2 aromatic carbocycles. The number of thioether (sulfide) groups is 2. The van der Waals surface area contributed by atoms with Crippen molar-refractivity contribution in [1.82, 2.24) is 9.80 Å². The first-order valence-corrected chi connectivity index (χ1v) is 19.6. The molecule has 51 heavy (non-hydrogen) atoms. The van der Waals surface area contributed by atoms with Crippen LogP contribution in [0, 0.1) is 0 Å². The maximum absolute atomic E-state index is 12.9. The summed E-state index contributed by atoms with van der Waals surface area (Å²) >= 11 is 12.8. The Kier molecular flexibility index (Phi) is 19.6. The number of fused-ring (bicyclic) bond motifs is 2. The molecular formula is C34H46N8O4PtS4. The van der Waals surface area contributed by atoms with Crippen LogP contribution >= 0.6 is 23.5 Å². The summed E-state index contributed by atoms with van der Waals surface area (Å²) < 4.78 is 11.4. The molecule has 4 rings (SSSR count). The number of anilines is 2. The maximum atomic E-state index is 12.9. The van der Waals surface area contributed by atoms with Crippen molar-refractivity contribution in [3.8, 4) is 11.5 Å². The number of hydrogen-bond acceptors (Lipinski definition) is 14. The van der Waals surface area contributed by atoms with Gasteiger partial charge in [-0.05, 0) is 83.8 Å². The van der Waals surface area contributed by atoms with Crippen molar-refractivity contribution >= 4 is 92.1 Å². The molecule has 280 valence electrons. The summed E-state index contributed by atoms with van der Waals surface area (Å²) in [6.45, 7) is 15.1. The van der Waals surface area contributed by atoms with Crippen LogP contribution in [0.5, 0.6) is 11.5 Å². The van der Waals surface area contributed by atoms with Gasteiger partial charge in [0.1, 0.15) is 11.5 Å². The van der Waals surface area contributed by atoms with Gasteiger partial charge in [0.15, 0.2) is 11.4 Å². The van der Waals surface area contributed by atoms with E-state index in [-0.39, 0.29) is 32.9 Å². The molecule has 2 aromatic rings. The van der Waals surface area contributed by atoms with E-state index < -0.39 is 0 Å². The van der Waals surface area contributed by atoms with Gasteiger partial charge in [-0.1, -0.05) is 27.7 Å². The first kappa shape index (κ1) is 44.6. The molecule has 0 spiro atoms. The predicted molar refractivity (Wildman–Crippen MR) is 216 cm³/mol. The van der Waals surface area contributed by atoms with Crippen molar-refractivity contribution in [3.05, 3.63) is 47.5 Å². The molecule has 12 nitrogen and oxygen atoms in total. The predicted octanol–water partition coefficient (Wildman–Crippen LogP) is 4.70. The van der Waals surface area contributed by atoms with Gasteiger partial charge in [0.25, 0.3) is 11.8 Å². The number of benzene rings is 2. The van der Waals surface area contributed by atoms with Gasteiger partial charge in [-0.3, -0.25) is 9.59 Å². The van der Waals surface area contributed by atoms with Crippen molar-refractivity contribution < 1.29 is 40.1 Å². The van der Waals surface area contributed by atoms with Crippen molar-refractivity contribution in [2.24, 2.45) is 20.4 Å². The Bertz CT molecular complexity index is 1500. The topological polar surface area (TPSA) is 115 Å². The van der Waals surface area contributed by atoms with Gasteiger partial charge < -0.3 is 54.3 Å². The number of methoxy groups -OCH3 is 2. The Hall–Kier alpha value is -2.59. The molecule has 0 aliphatic carbocycles. The fourth-order valence-electron chi connectivity index (χ4n) is 5.30. The smallest absolute Gasteiger partial charge is 0.752 e. The van der Waals surface area contributed by atoms with E-state index in [4.69, 9.17) is 34.7 Å². The second-order valence-electron chi connectivity index (χ2n) is 10.8. The van der Waals surface area contributed by atoms with E-state index in [1.165, 1.54) is 23.5 Å².